The number of benzene rings is 1. The lowest BCUT2D eigenvalue weighted by Crippen LogP contribution is -2.23. The van der Waals surface area contributed by atoms with Gasteiger partial charge in [-0.3, -0.25) is 9.78 Å². The third kappa shape index (κ3) is 4.45. The van der Waals surface area contributed by atoms with Crippen molar-refractivity contribution in [3.63, 3.8) is 0 Å². The van der Waals surface area contributed by atoms with E-state index < -0.39 is 0 Å². The predicted octanol–water partition coefficient (Wildman–Crippen LogP) is 2.92. The maximum absolute atomic E-state index is 12.1. The molecule has 0 aliphatic carbocycles. The van der Waals surface area contributed by atoms with Crippen molar-refractivity contribution in [1.82, 2.24) is 10.3 Å². The summed E-state index contributed by atoms with van der Waals surface area (Å²) in [6.07, 6.45) is 3.38. The molecule has 1 aromatic carbocycles. The van der Waals surface area contributed by atoms with E-state index in [0.717, 1.165) is 11.3 Å². The first-order chi connectivity index (χ1) is 10.2. The molecule has 0 saturated heterocycles. The van der Waals surface area contributed by atoms with E-state index in [1.54, 1.807) is 18.3 Å². The lowest BCUT2D eigenvalue weighted by molar-refractivity contribution is 0.0946. The quantitative estimate of drug-likeness (QED) is 0.800. The lowest BCUT2D eigenvalue weighted by atomic mass is 10.1. The third-order valence-corrected chi connectivity index (χ3v) is 2.98. The fourth-order valence-corrected chi connectivity index (χ4v) is 1.95. The molecule has 2 rings (SSSR count). The molecule has 0 spiro atoms. The van der Waals surface area contributed by atoms with Crippen LogP contribution in [-0.4, -0.2) is 17.4 Å². The Morgan fingerprint density at radius 2 is 2.19 bits per heavy atom. The zero-order valence-corrected chi connectivity index (χ0v) is 12.1. The van der Waals surface area contributed by atoms with Crippen LogP contribution in [0.4, 0.5) is 5.69 Å². The molecule has 0 bridgehead atoms. The Balaban J connectivity index is 1.98. The topological polar surface area (TPSA) is 54.0 Å². The summed E-state index contributed by atoms with van der Waals surface area (Å²) in [5.41, 5.74) is 3.50. The van der Waals surface area contributed by atoms with Crippen LogP contribution in [0.25, 0.3) is 0 Å². The number of carbonyl (C=O) groups excluding carboxylic acids is 1. The molecular weight excluding hydrogens is 262 g/mol. The predicted molar refractivity (Wildman–Crippen MR) is 85.3 cm³/mol. The van der Waals surface area contributed by atoms with Crippen LogP contribution in [0.2, 0.25) is 0 Å². The van der Waals surface area contributed by atoms with Crippen molar-refractivity contribution in [2.45, 2.75) is 13.5 Å². The highest BCUT2D eigenvalue weighted by molar-refractivity contribution is 5.93. The molecule has 1 amide bonds. The summed E-state index contributed by atoms with van der Waals surface area (Å²) < 4.78 is 0. The van der Waals surface area contributed by atoms with E-state index in [1.807, 2.05) is 31.2 Å². The fourth-order valence-electron chi connectivity index (χ4n) is 1.95. The standard InChI is InChI=1S/C17H19N3O/c1-3-8-18-15-7-9-19-16(11-15)17(21)20-12-14-6-4-5-13(2)10-14/h3-7,9-11H,1,8,12H2,2H3,(H,18,19)(H,20,21). The van der Waals surface area contributed by atoms with E-state index in [9.17, 15) is 4.79 Å². The Bertz CT molecular complexity index is 637. The summed E-state index contributed by atoms with van der Waals surface area (Å²) >= 11 is 0. The summed E-state index contributed by atoms with van der Waals surface area (Å²) in [4.78, 5) is 16.2. The minimum absolute atomic E-state index is 0.182. The highest BCUT2D eigenvalue weighted by Crippen LogP contribution is 2.08. The molecular formula is C17H19N3O. The SMILES string of the molecule is C=CCNc1ccnc(C(=O)NCc2cccc(C)c2)c1. The maximum Gasteiger partial charge on any atom is 0.270 e. The van der Waals surface area contributed by atoms with Crippen molar-refractivity contribution in [2.75, 3.05) is 11.9 Å². The van der Waals surface area contributed by atoms with E-state index in [4.69, 9.17) is 0 Å². The van der Waals surface area contributed by atoms with Crippen molar-refractivity contribution in [3.8, 4) is 0 Å². The summed E-state index contributed by atoms with van der Waals surface area (Å²) in [6, 6.07) is 11.6. The molecule has 0 atom stereocenters. The number of nitrogens with zero attached hydrogens (tertiary/aromatic N) is 1. The van der Waals surface area contributed by atoms with Crippen LogP contribution in [0.5, 0.6) is 0 Å². The molecule has 0 radical (unpaired) electrons. The molecule has 2 aromatic rings. The van der Waals surface area contributed by atoms with Crippen molar-refractivity contribution < 1.29 is 4.79 Å². The summed E-state index contributed by atoms with van der Waals surface area (Å²) in [7, 11) is 0. The minimum Gasteiger partial charge on any atom is -0.381 e. The fraction of sp³-hybridized carbons (Fsp3) is 0.176. The van der Waals surface area contributed by atoms with Crippen molar-refractivity contribution >= 4 is 11.6 Å². The highest BCUT2D eigenvalue weighted by Gasteiger charge is 2.07. The molecule has 0 unspecified atom stereocenters. The third-order valence-electron chi connectivity index (χ3n) is 2.98. The maximum atomic E-state index is 12.1. The minimum atomic E-state index is -0.182. The van der Waals surface area contributed by atoms with Crippen LogP contribution in [0.3, 0.4) is 0 Å². The Morgan fingerprint density at radius 3 is 2.95 bits per heavy atom. The highest BCUT2D eigenvalue weighted by atomic mass is 16.1. The molecule has 108 valence electrons. The first-order valence-corrected chi connectivity index (χ1v) is 6.83. The molecule has 0 aliphatic rings. The second kappa shape index (κ2) is 7.24. The van der Waals surface area contributed by atoms with Gasteiger partial charge in [-0.15, -0.1) is 6.58 Å². The molecule has 0 fully saturated rings. The molecule has 4 heteroatoms. The number of aryl methyl sites for hydroxylation is 1. The van der Waals surface area contributed by atoms with E-state index in [-0.39, 0.29) is 5.91 Å². The molecule has 1 heterocycles. The number of amides is 1. The molecule has 0 saturated carbocycles. The van der Waals surface area contributed by atoms with Crippen LogP contribution in [0.15, 0.2) is 55.3 Å². The number of hydrogen-bond donors (Lipinski definition) is 2. The van der Waals surface area contributed by atoms with Gasteiger partial charge in [-0.25, -0.2) is 0 Å². The zero-order valence-electron chi connectivity index (χ0n) is 12.1. The number of rotatable bonds is 6. The van der Waals surface area contributed by atoms with Gasteiger partial charge in [0.15, 0.2) is 0 Å². The van der Waals surface area contributed by atoms with Gasteiger partial charge in [0.1, 0.15) is 5.69 Å². The molecule has 2 N–H and O–H groups in total. The van der Waals surface area contributed by atoms with E-state index in [0.29, 0.717) is 18.8 Å². The molecule has 21 heavy (non-hydrogen) atoms. The van der Waals surface area contributed by atoms with Crippen LogP contribution in [-0.2, 0) is 6.54 Å². The van der Waals surface area contributed by atoms with Gasteiger partial charge in [-0.05, 0) is 24.6 Å². The van der Waals surface area contributed by atoms with Crippen molar-refractivity contribution in [2.24, 2.45) is 0 Å². The van der Waals surface area contributed by atoms with Gasteiger partial charge in [-0.2, -0.15) is 0 Å². The van der Waals surface area contributed by atoms with Crippen LogP contribution >= 0.6 is 0 Å². The number of nitrogens with one attached hydrogen (secondary N) is 2. The lowest BCUT2D eigenvalue weighted by Gasteiger charge is -2.07. The second-order valence-corrected chi connectivity index (χ2v) is 4.77. The van der Waals surface area contributed by atoms with E-state index in [1.165, 1.54) is 5.56 Å². The number of hydrogen-bond acceptors (Lipinski definition) is 3. The van der Waals surface area contributed by atoms with Crippen LogP contribution in [0, 0.1) is 6.92 Å². The summed E-state index contributed by atoms with van der Waals surface area (Å²) in [6.45, 7) is 6.82. The average Bonchev–Trinajstić information content (AvgIpc) is 2.51. The Labute approximate surface area is 124 Å². The molecule has 1 aromatic heterocycles. The summed E-state index contributed by atoms with van der Waals surface area (Å²) in [5, 5.41) is 6.01. The summed E-state index contributed by atoms with van der Waals surface area (Å²) in [5.74, 6) is -0.182. The molecule has 4 nitrogen and oxygen atoms in total. The van der Waals surface area contributed by atoms with Crippen molar-refractivity contribution in [3.05, 3.63) is 72.1 Å². The number of anilines is 1. The average molecular weight is 281 g/mol. The first-order valence-electron chi connectivity index (χ1n) is 6.83. The second-order valence-electron chi connectivity index (χ2n) is 4.77. The van der Waals surface area contributed by atoms with Gasteiger partial charge in [0.25, 0.3) is 5.91 Å². The monoisotopic (exact) mass is 281 g/mol. The largest absolute Gasteiger partial charge is 0.381 e. The number of aromatic nitrogens is 1. The van der Waals surface area contributed by atoms with Crippen LogP contribution < -0.4 is 10.6 Å². The molecule has 0 aliphatic heterocycles. The van der Waals surface area contributed by atoms with Crippen molar-refractivity contribution in [1.29, 1.82) is 0 Å². The Hall–Kier alpha value is -2.62. The Morgan fingerprint density at radius 1 is 1.33 bits per heavy atom. The zero-order chi connectivity index (χ0) is 15.1. The number of pyridine rings is 1. The number of carbonyl (C=O) groups is 1. The van der Waals surface area contributed by atoms with E-state index in [2.05, 4.69) is 28.3 Å². The van der Waals surface area contributed by atoms with Crippen LogP contribution in [0.1, 0.15) is 21.6 Å². The Kier molecular flexibility index (Phi) is 5.10. The smallest absolute Gasteiger partial charge is 0.270 e. The normalized spacial score (nSPS) is 9.95. The van der Waals surface area contributed by atoms with Gasteiger partial charge in [0.2, 0.25) is 0 Å². The van der Waals surface area contributed by atoms with Gasteiger partial charge in [0.05, 0.1) is 0 Å². The van der Waals surface area contributed by atoms with Gasteiger partial charge >= 0.3 is 0 Å². The van der Waals surface area contributed by atoms with Gasteiger partial charge in [0, 0.05) is 25.0 Å². The van der Waals surface area contributed by atoms with Gasteiger partial charge in [-0.1, -0.05) is 35.9 Å². The van der Waals surface area contributed by atoms with E-state index >= 15 is 0 Å². The first kappa shape index (κ1) is 14.8. The van der Waals surface area contributed by atoms with Gasteiger partial charge < -0.3 is 10.6 Å².